The number of carbonyl (C=O) groups is 2. The molecule has 0 bridgehead atoms. The number of carboxylic acid groups (broad SMARTS) is 1. The first-order valence-electron chi connectivity index (χ1n) is 10.2. The summed E-state index contributed by atoms with van der Waals surface area (Å²) in [5.74, 6) is -3.47. The fourth-order valence-corrected chi connectivity index (χ4v) is 3.48. The number of carboxylic acids is 1. The topological polar surface area (TPSA) is 127 Å². The largest absolute Gasteiger partial charge is 0.490 e. The number of rotatable bonds is 7. The summed E-state index contributed by atoms with van der Waals surface area (Å²) in [6, 6.07) is 9.67. The summed E-state index contributed by atoms with van der Waals surface area (Å²) in [6.07, 6.45) is 2.48. The molecule has 1 aromatic heterocycles. The molecule has 0 radical (unpaired) electrons. The Hall–Kier alpha value is -4.02. The normalized spacial score (nSPS) is 17.9. The summed E-state index contributed by atoms with van der Waals surface area (Å²) in [5.41, 5.74) is 0.645. The standard InChI is InChI=1S/C22H20F2N4O5/c23-17-10-5-14(11-18(17)24)26-22-28-27-20(33-22)19(29)25-13-3-8-16(9-4-13)32-15-6-1-12(2-7-15)21(30)31/h3-5,8-12,15H,1-2,6-7H2,(H,25,29)(H,26,28)(H,30,31)/t12-,15-. The highest BCUT2D eigenvalue weighted by atomic mass is 19.2. The van der Waals surface area contributed by atoms with E-state index in [1.54, 1.807) is 24.3 Å². The Morgan fingerprint density at radius 1 is 0.970 bits per heavy atom. The Morgan fingerprint density at radius 3 is 2.33 bits per heavy atom. The molecule has 1 saturated carbocycles. The number of hydrogen-bond acceptors (Lipinski definition) is 7. The molecule has 0 unspecified atom stereocenters. The highest BCUT2D eigenvalue weighted by molar-refractivity contribution is 6.00. The highest BCUT2D eigenvalue weighted by Gasteiger charge is 2.27. The van der Waals surface area contributed by atoms with Crippen molar-refractivity contribution in [3.8, 4) is 5.75 Å². The number of aliphatic carboxylic acids is 1. The Kier molecular flexibility index (Phi) is 6.48. The van der Waals surface area contributed by atoms with Gasteiger partial charge in [-0.1, -0.05) is 5.10 Å². The van der Waals surface area contributed by atoms with Crippen LogP contribution in [0, 0.1) is 17.6 Å². The Balaban J connectivity index is 1.30. The van der Waals surface area contributed by atoms with Crippen molar-refractivity contribution in [2.45, 2.75) is 31.8 Å². The van der Waals surface area contributed by atoms with E-state index in [2.05, 4.69) is 20.8 Å². The molecular formula is C22H20F2N4O5. The van der Waals surface area contributed by atoms with Crippen molar-refractivity contribution >= 4 is 29.3 Å². The van der Waals surface area contributed by atoms with Crippen molar-refractivity contribution in [2.24, 2.45) is 5.92 Å². The molecular weight excluding hydrogens is 438 g/mol. The third kappa shape index (κ3) is 5.62. The molecule has 9 nitrogen and oxygen atoms in total. The van der Waals surface area contributed by atoms with Crippen LogP contribution < -0.4 is 15.4 Å². The van der Waals surface area contributed by atoms with Gasteiger partial charge in [0.2, 0.25) is 0 Å². The van der Waals surface area contributed by atoms with Crippen LogP contribution in [0.1, 0.15) is 36.4 Å². The maximum atomic E-state index is 13.3. The van der Waals surface area contributed by atoms with Crippen LogP contribution in [0.25, 0.3) is 0 Å². The second-order valence-electron chi connectivity index (χ2n) is 7.57. The molecule has 1 heterocycles. The molecule has 1 fully saturated rings. The van der Waals surface area contributed by atoms with Gasteiger partial charge in [-0.05, 0) is 62.1 Å². The fraction of sp³-hybridized carbons (Fsp3) is 0.273. The van der Waals surface area contributed by atoms with Crippen LogP contribution in [-0.4, -0.2) is 33.3 Å². The van der Waals surface area contributed by atoms with Gasteiger partial charge < -0.3 is 24.9 Å². The van der Waals surface area contributed by atoms with E-state index in [0.29, 0.717) is 37.1 Å². The maximum Gasteiger partial charge on any atom is 0.320 e. The van der Waals surface area contributed by atoms with Crippen molar-refractivity contribution in [2.75, 3.05) is 10.6 Å². The number of aromatic nitrogens is 2. The molecule has 1 aliphatic rings. The molecule has 0 atom stereocenters. The van der Waals surface area contributed by atoms with Crippen LogP contribution in [0.3, 0.4) is 0 Å². The van der Waals surface area contributed by atoms with Gasteiger partial charge in [-0.2, -0.15) is 0 Å². The lowest BCUT2D eigenvalue weighted by Crippen LogP contribution is -2.27. The average Bonchev–Trinajstić information content (AvgIpc) is 3.27. The van der Waals surface area contributed by atoms with Crippen LogP contribution in [0.15, 0.2) is 46.9 Å². The molecule has 1 aliphatic carbocycles. The van der Waals surface area contributed by atoms with Crippen LogP contribution in [0.4, 0.5) is 26.2 Å². The molecule has 11 heteroatoms. The number of benzene rings is 2. The van der Waals surface area contributed by atoms with Gasteiger partial charge in [0, 0.05) is 17.4 Å². The van der Waals surface area contributed by atoms with Gasteiger partial charge in [-0.15, -0.1) is 5.10 Å². The first-order valence-corrected chi connectivity index (χ1v) is 10.2. The van der Waals surface area contributed by atoms with Gasteiger partial charge in [-0.25, -0.2) is 8.78 Å². The van der Waals surface area contributed by atoms with E-state index in [9.17, 15) is 18.4 Å². The number of halogens is 2. The first-order chi connectivity index (χ1) is 15.9. The van der Waals surface area contributed by atoms with Crippen molar-refractivity contribution in [3.05, 3.63) is 60.0 Å². The molecule has 0 aliphatic heterocycles. The van der Waals surface area contributed by atoms with E-state index in [1.165, 1.54) is 6.07 Å². The quantitative estimate of drug-likeness (QED) is 0.477. The maximum absolute atomic E-state index is 13.3. The fourth-order valence-electron chi connectivity index (χ4n) is 3.48. The van der Waals surface area contributed by atoms with E-state index in [4.69, 9.17) is 14.3 Å². The smallest absolute Gasteiger partial charge is 0.320 e. The summed E-state index contributed by atoms with van der Waals surface area (Å²) in [6.45, 7) is 0. The van der Waals surface area contributed by atoms with Crippen LogP contribution in [0.2, 0.25) is 0 Å². The molecule has 2 aromatic carbocycles. The van der Waals surface area contributed by atoms with Gasteiger partial charge in [-0.3, -0.25) is 9.59 Å². The minimum atomic E-state index is -1.04. The van der Waals surface area contributed by atoms with Gasteiger partial charge in [0.1, 0.15) is 5.75 Å². The monoisotopic (exact) mass is 458 g/mol. The van der Waals surface area contributed by atoms with Crippen molar-refractivity contribution < 1.29 is 32.6 Å². The summed E-state index contributed by atoms with van der Waals surface area (Å²) in [7, 11) is 0. The first kappa shape index (κ1) is 22.2. The number of hydrogen-bond donors (Lipinski definition) is 3. The second kappa shape index (κ2) is 9.63. The number of anilines is 3. The van der Waals surface area contributed by atoms with Gasteiger partial charge >= 0.3 is 23.8 Å². The molecule has 0 spiro atoms. The molecule has 4 rings (SSSR count). The zero-order valence-electron chi connectivity index (χ0n) is 17.3. The van der Waals surface area contributed by atoms with E-state index < -0.39 is 23.5 Å². The van der Waals surface area contributed by atoms with Crippen LogP contribution in [0.5, 0.6) is 5.75 Å². The van der Waals surface area contributed by atoms with Crippen LogP contribution >= 0.6 is 0 Å². The van der Waals surface area contributed by atoms with Crippen molar-refractivity contribution in [1.29, 1.82) is 0 Å². The number of nitrogens with zero attached hydrogens (tertiary/aromatic N) is 2. The second-order valence-corrected chi connectivity index (χ2v) is 7.57. The molecule has 33 heavy (non-hydrogen) atoms. The summed E-state index contributed by atoms with van der Waals surface area (Å²) >= 11 is 0. The van der Waals surface area contributed by atoms with Gasteiger partial charge in [0.15, 0.2) is 11.6 Å². The van der Waals surface area contributed by atoms with Gasteiger partial charge in [0.25, 0.3) is 0 Å². The molecule has 0 saturated heterocycles. The summed E-state index contributed by atoms with van der Waals surface area (Å²) in [4.78, 5) is 23.4. The third-order valence-electron chi connectivity index (χ3n) is 5.23. The molecule has 1 amide bonds. The lowest BCUT2D eigenvalue weighted by Gasteiger charge is -2.26. The lowest BCUT2D eigenvalue weighted by molar-refractivity contribution is -0.143. The third-order valence-corrected chi connectivity index (χ3v) is 5.23. The van der Waals surface area contributed by atoms with Crippen molar-refractivity contribution in [3.63, 3.8) is 0 Å². The number of nitrogens with one attached hydrogen (secondary N) is 2. The van der Waals surface area contributed by atoms with E-state index in [0.717, 1.165) is 12.1 Å². The minimum absolute atomic E-state index is 0.0417. The Morgan fingerprint density at radius 2 is 1.67 bits per heavy atom. The Labute approximate surface area is 186 Å². The summed E-state index contributed by atoms with van der Waals surface area (Å²) < 4.78 is 37.4. The average molecular weight is 458 g/mol. The van der Waals surface area contributed by atoms with Crippen LogP contribution in [-0.2, 0) is 4.79 Å². The predicted molar refractivity (Wildman–Crippen MR) is 112 cm³/mol. The minimum Gasteiger partial charge on any atom is -0.490 e. The molecule has 3 aromatic rings. The zero-order valence-corrected chi connectivity index (χ0v) is 17.3. The number of ether oxygens (including phenoxy) is 1. The lowest BCUT2D eigenvalue weighted by atomic mass is 9.87. The zero-order chi connectivity index (χ0) is 23.4. The summed E-state index contributed by atoms with van der Waals surface area (Å²) in [5, 5.41) is 21.6. The SMILES string of the molecule is O=C(Nc1ccc(O[C@H]2CC[C@H](C(=O)O)CC2)cc1)c1nnc(Nc2ccc(F)c(F)c2)o1. The van der Waals surface area contributed by atoms with Gasteiger partial charge in [0.05, 0.1) is 12.0 Å². The Bertz CT molecular complexity index is 1140. The molecule has 3 N–H and O–H groups in total. The highest BCUT2D eigenvalue weighted by Crippen LogP contribution is 2.28. The number of amides is 1. The molecule has 172 valence electrons. The predicted octanol–water partition coefficient (Wildman–Crippen LogP) is 4.37. The van der Waals surface area contributed by atoms with E-state index in [1.807, 2.05) is 0 Å². The van der Waals surface area contributed by atoms with E-state index >= 15 is 0 Å². The van der Waals surface area contributed by atoms with E-state index in [-0.39, 0.29) is 29.6 Å². The van der Waals surface area contributed by atoms with Crippen molar-refractivity contribution in [1.82, 2.24) is 10.2 Å². The number of carbonyl (C=O) groups excluding carboxylic acids is 1.